The van der Waals surface area contributed by atoms with Crippen LogP contribution in [0.3, 0.4) is 0 Å². The molecule has 0 unspecified atom stereocenters. The Kier molecular flexibility index (Phi) is 4.25. The molecule has 0 saturated heterocycles. The van der Waals surface area contributed by atoms with E-state index >= 15 is 0 Å². The molecule has 72 valence electrons. The summed E-state index contributed by atoms with van der Waals surface area (Å²) < 4.78 is 1.11. The number of nitrogens with two attached hydrogens (primary N) is 1. The third-order valence-corrected chi connectivity index (χ3v) is 2.51. The maximum atomic E-state index is 5.41. The van der Waals surface area contributed by atoms with Crippen LogP contribution in [0.15, 0.2) is 22.7 Å². The van der Waals surface area contributed by atoms with Gasteiger partial charge in [0.15, 0.2) is 0 Å². The predicted molar refractivity (Wildman–Crippen MR) is 61.0 cm³/mol. The molecule has 0 bridgehead atoms. The summed E-state index contributed by atoms with van der Waals surface area (Å²) in [7, 11) is 0. The molecule has 0 heterocycles. The second-order valence-electron chi connectivity index (χ2n) is 3.05. The van der Waals surface area contributed by atoms with Crippen molar-refractivity contribution in [3.63, 3.8) is 0 Å². The number of nitrogens with one attached hydrogen (secondary N) is 1. The van der Waals surface area contributed by atoms with Gasteiger partial charge in [0.05, 0.1) is 0 Å². The lowest BCUT2D eigenvalue weighted by molar-refractivity contribution is 0.874. The molecule has 2 nitrogen and oxygen atoms in total. The van der Waals surface area contributed by atoms with Crippen LogP contribution in [0, 0.1) is 6.92 Å². The number of anilines is 1. The normalized spacial score (nSPS) is 10.1. The smallest absolute Gasteiger partial charge is 0.0487 e. The molecule has 1 aromatic rings. The molecule has 0 fully saturated rings. The lowest BCUT2D eigenvalue weighted by Gasteiger charge is -2.08. The van der Waals surface area contributed by atoms with Crippen LogP contribution in [-0.2, 0) is 0 Å². The summed E-state index contributed by atoms with van der Waals surface area (Å²) in [6.07, 6.45) is 1.00. The molecule has 0 aliphatic rings. The minimum absolute atomic E-state index is 0.733. The molecular formula is C10H15BrN2. The summed E-state index contributed by atoms with van der Waals surface area (Å²) in [6.45, 7) is 3.75. The Morgan fingerprint density at radius 1 is 1.46 bits per heavy atom. The second kappa shape index (κ2) is 5.25. The summed E-state index contributed by atoms with van der Waals surface area (Å²) in [4.78, 5) is 0. The molecule has 0 saturated carbocycles. The largest absolute Gasteiger partial charge is 0.384 e. The van der Waals surface area contributed by atoms with Crippen molar-refractivity contribution in [3.8, 4) is 0 Å². The molecule has 0 atom stereocenters. The van der Waals surface area contributed by atoms with Crippen molar-refractivity contribution in [2.45, 2.75) is 13.3 Å². The van der Waals surface area contributed by atoms with E-state index in [9.17, 15) is 0 Å². The molecule has 0 aliphatic carbocycles. The fourth-order valence-corrected chi connectivity index (χ4v) is 1.49. The van der Waals surface area contributed by atoms with Crippen LogP contribution in [-0.4, -0.2) is 13.1 Å². The molecule has 1 rings (SSSR count). The molecule has 0 radical (unpaired) electrons. The highest BCUT2D eigenvalue weighted by Gasteiger charge is 1.97. The van der Waals surface area contributed by atoms with Crippen LogP contribution >= 0.6 is 15.9 Å². The third-order valence-electron chi connectivity index (χ3n) is 1.82. The van der Waals surface area contributed by atoms with Crippen molar-refractivity contribution in [2.75, 3.05) is 18.4 Å². The molecule has 0 amide bonds. The molecule has 3 N–H and O–H groups in total. The average molecular weight is 243 g/mol. The van der Waals surface area contributed by atoms with E-state index in [1.54, 1.807) is 0 Å². The van der Waals surface area contributed by atoms with Gasteiger partial charge in [-0.1, -0.05) is 6.07 Å². The zero-order valence-electron chi connectivity index (χ0n) is 7.81. The van der Waals surface area contributed by atoms with Crippen molar-refractivity contribution in [1.82, 2.24) is 0 Å². The van der Waals surface area contributed by atoms with Gasteiger partial charge in [-0.15, -0.1) is 0 Å². The Balaban J connectivity index is 2.59. The second-order valence-corrected chi connectivity index (χ2v) is 3.91. The van der Waals surface area contributed by atoms with E-state index in [0.29, 0.717) is 0 Å². The van der Waals surface area contributed by atoms with Crippen LogP contribution in [0.5, 0.6) is 0 Å². The van der Waals surface area contributed by atoms with E-state index in [2.05, 4.69) is 46.4 Å². The Bertz CT molecular complexity index is 274. The van der Waals surface area contributed by atoms with E-state index in [0.717, 1.165) is 29.7 Å². The van der Waals surface area contributed by atoms with Gasteiger partial charge in [-0.3, -0.25) is 0 Å². The molecular weight excluding hydrogens is 228 g/mol. The first-order chi connectivity index (χ1) is 6.24. The Morgan fingerprint density at radius 2 is 2.23 bits per heavy atom. The molecule has 0 aromatic heterocycles. The monoisotopic (exact) mass is 242 g/mol. The quantitative estimate of drug-likeness (QED) is 0.797. The Morgan fingerprint density at radius 3 is 2.92 bits per heavy atom. The predicted octanol–water partition coefficient (Wildman–Crippen LogP) is 2.52. The Hall–Kier alpha value is -0.540. The van der Waals surface area contributed by atoms with Crippen LogP contribution in [0.1, 0.15) is 12.0 Å². The first kappa shape index (κ1) is 10.5. The van der Waals surface area contributed by atoms with E-state index in [1.807, 2.05) is 0 Å². The average Bonchev–Trinajstić information content (AvgIpc) is 2.11. The summed E-state index contributed by atoms with van der Waals surface area (Å²) >= 11 is 3.49. The molecule has 13 heavy (non-hydrogen) atoms. The summed E-state index contributed by atoms with van der Waals surface area (Å²) in [5.41, 5.74) is 7.82. The van der Waals surface area contributed by atoms with E-state index in [4.69, 9.17) is 5.73 Å². The highest BCUT2D eigenvalue weighted by Crippen LogP contribution is 2.22. The maximum absolute atomic E-state index is 5.41. The zero-order chi connectivity index (χ0) is 9.68. The van der Waals surface area contributed by atoms with Gasteiger partial charge < -0.3 is 11.1 Å². The van der Waals surface area contributed by atoms with Gasteiger partial charge in [-0.25, -0.2) is 0 Å². The van der Waals surface area contributed by atoms with Crippen molar-refractivity contribution in [2.24, 2.45) is 5.73 Å². The van der Waals surface area contributed by atoms with Gasteiger partial charge in [0, 0.05) is 16.7 Å². The fourth-order valence-electron chi connectivity index (χ4n) is 1.10. The molecule has 0 spiro atoms. The number of hydrogen-bond donors (Lipinski definition) is 2. The highest BCUT2D eigenvalue weighted by molar-refractivity contribution is 9.10. The van der Waals surface area contributed by atoms with E-state index < -0.39 is 0 Å². The van der Waals surface area contributed by atoms with Crippen molar-refractivity contribution >= 4 is 21.6 Å². The van der Waals surface area contributed by atoms with E-state index in [-0.39, 0.29) is 0 Å². The maximum Gasteiger partial charge on any atom is 0.0487 e. The van der Waals surface area contributed by atoms with Crippen molar-refractivity contribution in [1.29, 1.82) is 0 Å². The summed E-state index contributed by atoms with van der Waals surface area (Å²) in [6, 6.07) is 6.26. The van der Waals surface area contributed by atoms with Gasteiger partial charge in [0.1, 0.15) is 0 Å². The van der Waals surface area contributed by atoms with Crippen molar-refractivity contribution < 1.29 is 0 Å². The van der Waals surface area contributed by atoms with Crippen LogP contribution < -0.4 is 11.1 Å². The zero-order valence-corrected chi connectivity index (χ0v) is 9.39. The summed E-state index contributed by atoms with van der Waals surface area (Å²) in [5.74, 6) is 0. The van der Waals surface area contributed by atoms with E-state index in [1.165, 1.54) is 5.56 Å². The highest BCUT2D eigenvalue weighted by atomic mass is 79.9. The minimum atomic E-state index is 0.733. The lowest BCUT2D eigenvalue weighted by atomic mass is 10.2. The standard InChI is InChI=1S/C10H15BrN2/c1-8-3-4-9(11)10(7-8)13-6-2-5-12/h3-4,7,13H,2,5-6,12H2,1H3. The first-order valence-electron chi connectivity index (χ1n) is 4.44. The fraction of sp³-hybridized carbons (Fsp3) is 0.400. The van der Waals surface area contributed by atoms with Gasteiger partial charge >= 0.3 is 0 Å². The minimum Gasteiger partial charge on any atom is -0.384 e. The number of aryl methyl sites for hydroxylation is 1. The SMILES string of the molecule is Cc1ccc(Br)c(NCCCN)c1. The topological polar surface area (TPSA) is 38.0 Å². The molecule has 3 heteroatoms. The van der Waals surface area contributed by atoms with Gasteiger partial charge in [-0.05, 0) is 53.5 Å². The van der Waals surface area contributed by atoms with Gasteiger partial charge in [-0.2, -0.15) is 0 Å². The van der Waals surface area contributed by atoms with Gasteiger partial charge in [0.2, 0.25) is 0 Å². The first-order valence-corrected chi connectivity index (χ1v) is 5.23. The van der Waals surface area contributed by atoms with Crippen LogP contribution in [0.4, 0.5) is 5.69 Å². The Labute approximate surface area is 87.6 Å². The molecule has 1 aromatic carbocycles. The van der Waals surface area contributed by atoms with Crippen LogP contribution in [0.2, 0.25) is 0 Å². The number of rotatable bonds is 4. The number of halogens is 1. The van der Waals surface area contributed by atoms with Gasteiger partial charge in [0.25, 0.3) is 0 Å². The number of hydrogen-bond acceptors (Lipinski definition) is 2. The summed E-state index contributed by atoms with van der Waals surface area (Å²) in [5, 5.41) is 3.33. The lowest BCUT2D eigenvalue weighted by Crippen LogP contribution is -2.08. The van der Waals surface area contributed by atoms with Crippen LogP contribution in [0.25, 0.3) is 0 Å². The molecule has 0 aliphatic heterocycles. The third kappa shape index (κ3) is 3.36. The number of benzene rings is 1. The van der Waals surface area contributed by atoms with Crippen molar-refractivity contribution in [3.05, 3.63) is 28.2 Å².